The van der Waals surface area contributed by atoms with E-state index in [0.717, 1.165) is 12.0 Å². The number of rotatable bonds is 16. The van der Waals surface area contributed by atoms with Gasteiger partial charge in [0.15, 0.2) is 0 Å². The number of benzene rings is 2. The number of phosphoric acid groups is 1. The molecule has 166 valence electrons. The van der Waals surface area contributed by atoms with Gasteiger partial charge in [0.2, 0.25) is 0 Å². The maximum Gasteiger partial charge on any atom is 0.587 e. The fourth-order valence-electron chi connectivity index (χ4n) is 2.88. The van der Waals surface area contributed by atoms with Gasteiger partial charge in [-0.25, -0.2) is 4.57 Å². The van der Waals surface area contributed by atoms with Crippen LogP contribution in [0.2, 0.25) is 0 Å². The minimum absolute atomic E-state index is 0.131. The maximum absolute atomic E-state index is 13.2. The number of para-hydroxylation sites is 1. The first-order chi connectivity index (χ1) is 14.6. The summed E-state index contributed by atoms with van der Waals surface area (Å²) in [5.74, 6) is 0.862. The van der Waals surface area contributed by atoms with Crippen LogP contribution >= 0.6 is 7.82 Å². The van der Waals surface area contributed by atoms with Gasteiger partial charge in [0, 0.05) is 6.61 Å². The van der Waals surface area contributed by atoms with Crippen LogP contribution in [0.5, 0.6) is 11.5 Å². The van der Waals surface area contributed by atoms with E-state index in [9.17, 15) is 4.57 Å². The highest BCUT2D eigenvalue weighted by Crippen LogP contribution is 2.49. The molecule has 0 aromatic heterocycles. The third-order valence-corrected chi connectivity index (χ3v) is 5.94. The van der Waals surface area contributed by atoms with Crippen molar-refractivity contribution in [2.45, 2.75) is 58.8 Å². The first-order valence-corrected chi connectivity index (χ1v) is 12.4. The van der Waals surface area contributed by atoms with Crippen molar-refractivity contribution in [1.82, 2.24) is 0 Å². The van der Waals surface area contributed by atoms with Crippen molar-refractivity contribution >= 4 is 7.82 Å². The molecule has 0 bridgehead atoms. The zero-order valence-corrected chi connectivity index (χ0v) is 19.2. The van der Waals surface area contributed by atoms with E-state index in [0.29, 0.717) is 24.7 Å². The Kier molecular flexibility index (Phi) is 11.6. The average molecular weight is 435 g/mol. The Balaban J connectivity index is 1.75. The SMILES string of the molecule is CCCCCCCCCOCCOP(=O)(Oc1ccccc1)Oc1ccc(C)cc1. The first-order valence-electron chi connectivity index (χ1n) is 10.9. The number of ether oxygens (including phenoxy) is 1. The summed E-state index contributed by atoms with van der Waals surface area (Å²) in [5, 5.41) is 0. The quantitative estimate of drug-likeness (QED) is 0.204. The molecular weight excluding hydrogens is 399 g/mol. The predicted molar refractivity (Wildman–Crippen MR) is 121 cm³/mol. The van der Waals surface area contributed by atoms with E-state index >= 15 is 0 Å². The summed E-state index contributed by atoms with van der Waals surface area (Å²) >= 11 is 0. The van der Waals surface area contributed by atoms with Crippen LogP contribution in [-0.4, -0.2) is 19.8 Å². The summed E-state index contributed by atoms with van der Waals surface area (Å²) in [6.45, 7) is 5.36. The number of phosphoric ester groups is 1. The zero-order chi connectivity index (χ0) is 21.5. The Bertz CT molecular complexity index is 733. The number of hydrogen-bond acceptors (Lipinski definition) is 5. The van der Waals surface area contributed by atoms with Crippen LogP contribution in [0.15, 0.2) is 54.6 Å². The van der Waals surface area contributed by atoms with Gasteiger partial charge in [-0.05, 0) is 37.6 Å². The molecule has 0 saturated heterocycles. The van der Waals surface area contributed by atoms with Gasteiger partial charge in [0.05, 0.1) is 13.2 Å². The topological polar surface area (TPSA) is 54.0 Å². The standard InChI is InChI=1S/C24H35O5P/c1-3-4-5-6-7-8-12-19-26-20-21-27-30(25,28-23-13-10-9-11-14-23)29-24-17-15-22(2)16-18-24/h9-11,13-18H,3-8,12,19-21H2,1-2H3. The van der Waals surface area contributed by atoms with E-state index in [-0.39, 0.29) is 6.61 Å². The number of hydrogen-bond donors (Lipinski definition) is 0. The molecule has 5 nitrogen and oxygen atoms in total. The van der Waals surface area contributed by atoms with Crippen LogP contribution in [0.3, 0.4) is 0 Å². The highest BCUT2D eigenvalue weighted by molar-refractivity contribution is 7.49. The van der Waals surface area contributed by atoms with Crippen LogP contribution in [0.1, 0.15) is 57.4 Å². The van der Waals surface area contributed by atoms with E-state index in [1.54, 1.807) is 36.4 Å². The van der Waals surface area contributed by atoms with E-state index in [2.05, 4.69) is 6.92 Å². The van der Waals surface area contributed by atoms with Gasteiger partial charge in [0.25, 0.3) is 0 Å². The Labute approximate surface area is 181 Å². The van der Waals surface area contributed by atoms with E-state index in [1.807, 2.05) is 25.1 Å². The van der Waals surface area contributed by atoms with Crippen molar-refractivity contribution < 1.29 is 22.9 Å². The lowest BCUT2D eigenvalue weighted by Crippen LogP contribution is -2.10. The van der Waals surface area contributed by atoms with Crippen molar-refractivity contribution in [3.05, 3.63) is 60.2 Å². The Morgan fingerprint density at radius 1 is 0.700 bits per heavy atom. The molecule has 0 amide bonds. The van der Waals surface area contributed by atoms with E-state index in [4.69, 9.17) is 18.3 Å². The van der Waals surface area contributed by atoms with Gasteiger partial charge in [0.1, 0.15) is 11.5 Å². The molecule has 0 saturated carbocycles. The molecule has 0 aliphatic rings. The molecule has 2 aromatic rings. The number of aryl methyl sites for hydroxylation is 1. The van der Waals surface area contributed by atoms with E-state index < -0.39 is 7.82 Å². The van der Waals surface area contributed by atoms with Gasteiger partial charge >= 0.3 is 7.82 Å². The molecule has 1 atom stereocenters. The van der Waals surface area contributed by atoms with Gasteiger partial charge in [-0.1, -0.05) is 81.3 Å². The molecule has 30 heavy (non-hydrogen) atoms. The van der Waals surface area contributed by atoms with Crippen LogP contribution in [0.4, 0.5) is 0 Å². The van der Waals surface area contributed by atoms with Crippen LogP contribution < -0.4 is 9.05 Å². The Morgan fingerprint density at radius 3 is 1.97 bits per heavy atom. The van der Waals surface area contributed by atoms with Crippen LogP contribution in [-0.2, 0) is 13.8 Å². The second kappa shape index (κ2) is 14.2. The molecule has 0 heterocycles. The third kappa shape index (κ3) is 10.3. The second-order valence-corrected chi connectivity index (χ2v) is 8.84. The van der Waals surface area contributed by atoms with Crippen LogP contribution in [0.25, 0.3) is 0 Å². The fraction of sp³-hybridized carbons (Fsp3) is 0.500. The lowest BCUT2D eigenvalue weighted by molar-refractivity contribution is 0.0857. The van der Waals surface area contributed by atoms with Crippen molar-refractivity contribution in [1.29, 1.82) is 0 Å². The summed E-state index contributed by atoms with van der Waals surface area (Å²) in [5.41, 5.74) is 1.08. The largest absolute Gasteiger partial charge is 0.587 e. The first kappa shape index (κ1) is 24.5. The molecule has 0 aliphatic carbocycles. The van der Waals surface area contributed by atoms with Crippen molar-refractivity contribution in [2.24, 2.45) is 0 Å². The molecule has 0 spiro atoms. The summed E-state index contributed by atoms with van der Waals surface area (Å²) in [7, 11) is -3.84. The Morgan fingerprint density at radius 2 is 1.30 bits per heavy atom. The molecule has 6 heteroatoms. The Hall–Kier alpha value is -1.81. The van der Waals surface area contributed by atoms with Crippen LogP contribution in [0, 0.1) is 6.92 Å². The predicted octanol–water partition coefficient (Wildman–Crippen LogP) is 7.34. The van der Waals surface area contributed by atoms with Gasteiger partial charge in [-0.2, -0.15) is 0 Å². The van der Waals surface area contributed by atoms with E-state index in [1.165, 1.54) is 38.5 Å². The molecule has 2 rings (SSSR count). The van der Waals surface area contributed by atoms with Crippen molar-refractivity contribution in [3.8, 4) is 11.5 Å². The molecular formula is C24H35O5P. The zero-order valence-electron chi connectivity index (χ0n) is 18.3. The van der Waals surface area contributed by atoms with Gasteiger partial charge in [-0.3, -0.25) is 4.52 Å². The fourth-order valence-corrected chi connectivity index (χ4v) is 4.08. The second-order valence-electron chi connectivity index (χ2n) is 7.32. The van der Waals surface area contributed by atoms with Gasteiger partial charge in [-0.15, -0.1) is 0 Å². The molecule has 1 unspecified atom stereocenters. The lowest BCUT2D eigenvalue weighted by Gasteiger charge is -2.19. The molecule has 2 aromatic carbocycles. The normalized spacial score (nSPS) is 13.0. The maximum atomic E-state index is 13.2. The summed E-state index contributed by atoms with van der Waals surface area (Å²) < 4.78 is 35.5. The minimum Gasteiger partial charge on any atom is -0.395 e. The highest BCUT2D eigenvalue weighted by Gasteiger charge is 2.30. The van der Waals surface area contributed by atoms with Crippen molar-refractivity contribution in [2.75, 3.05) is 19.8 Å². The highest BCUT2D eigenvalue weighted by atomic mass is 31.2. The van der Waals surface area contributed by atoms with Crippen molar-refractivity contribution in [3.63, 3.8) is 0 Å². The number of unbranched alkanes of at least 4 members (excludes halogenated alkanes) is 6. The monoisotopic (exact) mass is 434 g/mol. The summed E-state index contributed by atoms with van der Waals surface area (Å²) in [4.78, 5) is 0. The minimum atomic E-state index is -3.84. The summed E-state index contributed by atoms with van der Waals surface area (Å²) in [6.07, 6.45) is 8.68. The molecule has 0 fully saturated rings. The third-order valence-electron chi connectivity index (χ3n) is 4.57. The lowest BCUT2D eigenvalue weighted by atomic mass is 10.1. The smallest absolute Gasteiger partial charge is 0.395 e. The van der Waals surface area contributed by atoms with Gasteiger partial charge < -0.3 is 13.8 Å². The average Bonchev–Trinajstić information content (AvgIpc) is 2.74. The molecule has 0 radical (unpaired) electrons. The summed E-state index contributed by atoms with van der Waals surface area (Å²) in [6, 6.07) is 16.1. The molecule has 0 N–H and O–H groups in total. The molecule has 0 aliphatic heterocycles.